The Bertz CT molecular complexity index is 484. The van der Waals surface area contributed by atoms with E-state index in [0.29, 0.717) is 18.2 Å². The number of hydrogen-bond donors (Lipinski definition) is 1. The lowest BCUT2D eigenvalue weighted by molar-refractivity contribution is -0.120. The fraction of sp³-hybridized carbons (Fsp3) is 0.714. The summed E-state index contributed by atoms with van der Waals surface area (Å²) in [6.07, 6.45) is -1.33. The largest absolute Gasteiger partial charge is 0.405 e. The van der Waals surface area contributed by atoms with Gasteiger partial charge in [0.05, 0.1) is 0 Å². The maximum atomic E-state index is 12.9. The Hall–Kier alpha value is -1.53. The van der Waals surface area contributed by atoms with Crippen LogP contribution in [0.2, 0.25) is 0 Å². The van der Waals surface area contributed by atoms with E-state index in [9.17, 15) is 13.2 Å². The molecule has 1 aromatic rings. The molecule has 1 N–H and O–H groups in total. The van der Waals surface area contributed by atoms with Crippen molar-refractivity contribution in [2.45, 2.75) is 51.7 Å². The third-order valence-corrected chi connectivity index (χ3v) is 3.39. The van der Waals surface area contributed by atoms with Crippen molar-refractivity contribution in [2.75, 3.05) is 23.3 Å². The van der Waals surface area contributed by atoms with E-state index in [0.717, 1.165) is 18.4 Å². The average Bonchev–Trinajstić information content (AvgIpc) is 3.19. The first-order valence-electron chi connectivity index (χ1n) is 7.25. The predicted octanol–water partition coefficient (Wildman–Crippen LogP) is 3.56. The monoisotopic (exact) mass is 302 g/mol. The molecule has 0 amide bonds. The molecule has 0 saturated heterocycles. The fourth-order valence-corrected chi connectivity index (χ4v) is 2.41. The van der Waals surface area contributed by atoms with Gasteiger partial charge in [-0.3, -0.25) is 0 Å². The number of aromatic nitrogens is 2. The van der Waals surface area contributed by atoms with Gasteiger partial charge in [0, 0.05) is 18.2 Å². The van der Waals surface area contributed by atoms with Crippen molar-refractivity contribution < 1.29 is 13.2 Å². The zero-order valence-electron chi connectivity index (χ0n) is 12.5. The van der Waals surface area contributed by atoms with Crippen molar-refractivity contribution in [3.8, 4) is 0 Å². The SMILES string of the molecule is CCNc1ncnc(N(CC(F)(F)F)C2CC2)c1C(C)C. The van der Waals surface area contributed by atoms with Gasteiger partial charge in [-0.15, -0.1) is 0 Å². The van der Waals surface area contributed by atoms with Crippen LogP contribution in [-0.2, 0) is 0 Å². The molecular weight excluding hydrogens is 281 g/mol. The van der Waals surface area contributed by atoms with E-state index in [-0.39, 0.29) is 12.0 Å². The first-order chi connectivity index (χ1) is 9.83. The third-order valence-electron chi connectivity index (χ3n) is 3.39. The van der Waals surface area contributed by atoms with Crippen LogP contribution in [0.15, 0.2) is 6.33 Å². The van der Waals surface area contributed by atoms with Crippen LogP contribution in [0.3, 0.4) is 0 Å². The predicted molar refractivity (Wildman–Crippen MR) is 76.7 cm³/mol. The molecule has 1 heterocycles. The summed E-state index contributed by atoms with van der Waals surface area (Å²) >= 11 is 0. The van der Waals surface area contributed by atoms with Crippen molar-refractivity contribution in [3.63, 3.8) is 0 Å². The van der Waals surface area contributed by atoms with Gasteiger partial charge in [-0.05, 0) is 25.7 Å². The van der Waals surface area contributed by atoms with Crippen molar-refractivity contribution in [3.05, 3.63) is 11.9 Å². The minimum absolute atomic E-state index is 0.0460. The van der Waals surface area contributed by atoms with Gasteiger partial charge in [-0.25, -0.2) is 9.97 Å². The second-order valence-electron chi connectivity index (χ2n) is 5.62. The normalized spacial score (nSPS) is 15.4. The van der Waals surface area contributed by atoms with Gasteiger partial charge in [0.2, 0.25) is 0 Å². The highest BCUT2D eigenvalue weighted by Gasteiger charge is 2.40. The quantitative estimate of drug-likeness (QED) is 0.872. The van der Waals surface area contributed by atoms with Crippen molar-refractivity contribution >= 4 is 11.6 Å². The van der Waals surface area contributed by atoms with Crippen molar-refractivity contribution in [1.82, 2.24) is 9.97 Å². The van der Waals surface area contributed by atoms with E-state index in [1.165, 1.54) is 11.2 Å². The zero-order chi connectivity index (χ0) is 15.6. The Balaban J connectivity index is 2.41. The maximum absolute atomic E-state index is 12.9. The molecule has 118 valence electrons. The second kappa shape index (κ2) is 6.07. The van der Waals surface area contributed by atoms with Crippen LogP contribution < -0.4 is 10.2 Å². The number of nitrogens with one attached hydrogen (secondary N) is 1. The number of nitrogens with zero attached hydrogens (tertiary/aromatic N) is 3. The molecule has 4 nitrogen and oxygen atoms in total. The highest BCUT2D eigenvalue weighted by Crippen LogP contribution is 2.38. The first kappa shape index (κ1) is 15.9. The summed E-state index contributed by atoms with van der Waals surface area (Å²) in [5.74, 6) is 1.09. The van der Waals surface area contributed by atoms with E-state index in [2.05, 4.69) is 15.3 Å². The molecule has 1 aliphatic rings. The van der Waals surface area contributed by atoms with Crippen LogP contribution in [0, 0.1) is 0 Å². The molecule has 0 aliphatic heterocycles. The molecule has 1 saturated carbocycles. The lowest BCUT2D eigenvalue weighted by Gasteiger charge is -2.28. The van der Waals surface area contributed by atoms with Crippen LogP contribution in [0.5, 0.6) is 0 Å². The van der Waals surface area contributed by atoms with Crippen molar-refractivity contribution in [2.24, 2.45) is 0 Å². The molecule has 0 unspecified atom stereocenters. The molecular formula is C14H21F3N4. The number of halogens is 3. The molecule has 2 rings (SSSR count). The minimum atomic E-state index is -4.24. The number of anilines is 2. The van der Waals surface area contributed by atoms with Crippen molar-refractivity contribution in [1.29, 1.82) is 0 Å². The summed E-state index contributed by atoms with van der Waals surface area (Å²) in [5, 5.41) is 3.12. The zero-order valence-corrected chi connectivity index (χ0v) is 12.5. The third kappa shape index (κ3) is 3.98. The Morgan fingerprint density at radius 2 is 2.00 bits per heavy atom. The van der Waals surface area contributed by atoms with Gasteiger partial charge in [-0.2, -0.15) is 13.2 Å². The Labute approximate surface area is 122 Å². The lowest BCUT2D eigenvalue weighted by Crippen LogP contribution is -2.37. The van der Waals surface area contributed by atoms with Gasteiger partial charge >= 0.3 is 6.18 Å². The average molecular weight is 302 g/mol. The van der Waals surface area contributed by atoms with Gasteiger partial charge in [0.1, 0.15) is 24.5 Å². The molecule has 0 spiro atoms. The molecule has 1 fully saturated rings. The lowest BCUT2D eigenvalue weighted by atomic mass is 10.0. The standard InChI is InChI=1S/C14H21F3N4/c1-4-18-12-11(9(2)3)13(20-8-19-12)21(10-5-6-10)7-14(15,16)17/h8-10H,4-7H2,1-3H3,(H,18,19,20). The van der Waals surface area contributed by atoms with Crippen LogP contribution >= 0.6 is 0 Å². The summed E-state index contributed by atoms with van der Waals surface area (Å²) in [4.78, 5) is 9.73. The summed E-state index contributed by atoms with van der Waals surface area (Å²) in [6, 6.07) is -0.0616. The van der Waals surface area contributed by atoms with E-state index in [1.807, 2.05) is 20.8 Å². The van der Waals surface area contributed by atoms with Gasteiger partial charge in [0.25, 0.3) is 0 Å². The van der Waals surface area contributed by atoms with E-state index < -0.39 is 12.7 Å². The van der Waals surface area contributed by atoms with E-state index in [1.54, 1.807) is 0 Å². The van der Waals surface area contributed by atoms with Gasteiger partial charge in [0.15, 0.2) is 0 Å². The molecule has 0 atom stereocenters. The number of alkyl halides is 3. The summed E-state index contributed by atoms with van der Waals surface area (Å²) in [6.45, 7) is 5.53. The molecule has 1 aromatic heterocycles. The van der Waals surface area contributed by atoms with Crippen LogP contribution in [-0.4, -0.2) is 35.3 Å². The minimum Gasteiger partial charge on any atom is -0.370 e. The number of hydrogen-bond acceptors (Lipinski definition) is 4. The van der Waals surface area contributed by atoms with E-state index >= 15 is 0 Å². The molecule has 0 aromatic carbocycles. The highest BCUT2D eigenvalue weighted by molar-refractivity contribution is 5.61. The molecule has 21 heavy (non-hydrogen) atoms. The topological polar surface area (TPSA) is 41.1 Å². The first-order valence-corrected chi connectivity index (χ1v) is 7.25. The van der Waals surface area contributed by atoms with Gasteiger partial charge in [-0.1, -0.05) is 13.8 Å². The molecule has 7 heteroatoms. The number of rotatable bonds is 6. The highest BCUT2D eigenvalue weighted by atomic mass is 19.4. The van der Waals surface area contributed by atoms with Crippen LogP contribution in [0.4, 0.5) is 24.8 Å². The molecule has 1 aliphatic carbocycles. The summed E-state index contributed by atoms with van der Waals surface area (Å²) < 4.78 is 38.6. The molecule has 0 bridgehead atoms. The van der Waals surface area contributed by atoms with Crippen LogP contribution in [0.1, 0.15) is 45.1 Å². The fourth-order valence-electron chi connectivity index (χ4n) is 2.41. The van der Waals surface area contributed by atoms with Crippen LogP contribution in [0.25, 0.3) is 0 Å². The smallest absolute Gasteiger partial charge is 0.370 e. The van der Waals surface area contributed by atoms with Gasteiger partial charge < -0.3 is 10.2 Å². The Morgan fingerprint density at radius 3 is 2.48 bits per heavy atom. The summed E-state index contributed by atoms with van der Waals surface area (Å²) in [7, 11) is 0. The Kier molecular flexibility index (Phi) is 4.58. The molecule has 0 radical (unpaired) electrons. The maximum Gasteiger partial charge on any atom is 0.405 e. The Morgan fingerprint density at radius 1 is 1.33 bits per heavy atom. The second-order valence-corrected chi connectivity index (χ2v) is 5.62. The summed E-state index contributed by atoms with van der Waals surface area (Å²) in [5.41, 5.74) is 0.760. The van der Waals surface area contributed by atoms with E-state index in [4.69, 9.17) is 0 Å².